The molecule has 0 spiro atoms. The minimum atomic E-state index is 0.334. The lowest BCUT2D eigenvalue weighted by molar-refractivity contribution is -0.127. The molecule has 2 N–H and O–H groups in total. The number of nitrogens with one attached hydrogen (secondary N) is 2. The van der Waals surface area contributed by atoms with Crippen molar-refractivity contribution in [3.8, 4) is 0 Å². The van der Waals surface area contributed by atoms with E-state index in [2.05, 4.69) is 20.2 Å². The number of aromatic nitrogens is 2. The summed E-state index contributed by atoms with van der Waals surface area (Å²) in [5.41, 5.74) is 0. The quantitative estimate of drug-likeness (QED) is 0.754. The number of amides is 1. The second kappa shape index (κ2) is 5.10. The predicted molar refractivity (Wildman–Crippen MR) is 68.1 cm³/mol. The number of H-pyrrole nitrogens is 1. The van der Waals surface area contributed by atoms with Crippen LogP contribution in [0.2, 0.25) is 0 Å². The fraction of sp³-hybridized carbons (Fsp3) is 0.692. The molecule has 2 atom stereocenters. The number of rotatable bonds is 5. The number of hydrogen-bond donors (Lipinski definition) is 2. The van der Waals surface area contributed by atoms with Crippen molar-refractivity contribution < 1.29 is 4.79 Å². The van der Waals surface area contributed by atoms with Crippen molar-refractivity contribution in [1.82, 2.24) is 20.2 Å². The number of hydrogen-bond acceptors (Lipinski definition) is 3. The van der Waals surface area contributed by atoms with Crippen LogP contribution in [0.3, 0.4) is 0 Å². The highest BCUT2D eigenvalue weighted by Gasteiger charge is 2.41. The van der Waals surface area contributed by atoms with E-state index in [1.807, 2.05) is 6.20 Å². The first-order valence-electron chi connectivity index (χ1n) is 6.86. The maximum Gasteiger partial charge on any atom is 0.224 e. The van der Waals surface area contributed by atoms with Crippen molar-refractivity contribution in [2.75, 3.05) is 13.1 Å². The van der Waals surface area contributed by atoms with Crippen LogP contribution in [0.15, 0.2) is 12.4 Å². The molecule has 18 heavy (non-hydrogen) atoms. The fourth-order valence-corrected chi connectivity index (χ4v) is 3.15. The molecule has 2 aliphatic rings. The maximum atomic E-state index is 11.8. The summed E-state index contributed by atoms with van der Waals surface area (Å²) in [6, 6.07) is 0.831. The largest absolute Gasteiger partial charge is 0.349 e. The third kappa shape index (κ3) is 2.27. The Morgan fingerprint density at radius 1 is 1.56 bits per heavy atom. The van der Waals surface area contributed by atoms with Gasteiger partial charge in [-0.25, -0.2) is 4.98 Å². The van der Waals surface area contributed by atoms with Crippen LogP contribution in [0.5, 0.6) is 0 Å². The lowest BCUT2D eigenvalue weighted by atomic mass is 10.1. The molecule has 98 valence electrons. The second-order valence-electron chi connectivity index (χ2n) is 5.20. The van der Waals surface area contributed by atoms with Gasteiger partial charge >= 0.3 is 0 Å². The van der Waals surface area contributed by atoms with E-state index < -0.39 is 0 Å². The van der Waals surface area contributed by atoms with Crippen LogP contribution < -0.4 is 5.32 Å². The first-order chi connectivity index (χ1) is 8.84. The Balaban J connectivity index is 1.42. The zero-order valence-electron chi connectivity index (χ0n) is 10.6. The van der Waals surface area contributed by atoms with Crippen molar-refractivity contribution in [1.29, 1.82) is 0 Å². The maximum absolute atomic E-state index is 11.8. The van der Waals surface area contributed by atoms with Crippen LogP contribution in [0.1, 0.15) is 31.5 Å². The Morgan fingerprint density at radius 2 is 2.50 bits per heavy atom. The summed E-state index contributed by atoms with van der Waals surface area (Å²) < 4.78 is 0. The number of carbonyl (C=O) groups is 1. The lowest BCUT2D eigenvalue weighted by Crippen LogP contribution is -2.39. The molecule has 2 aliphatic heterocycles. The van der Waals surface area contributed by atoms with Gasteiger partial charge in [-0.3, -0.25) is 4.79 Å². The van der Waals surface area contributed by atoms with Crippen LogP contribution in [-0.2, 0) is 11.2 Å². The van der Waals surface area contributed by atoms with E-state index in [9.17, 15) is 4.79 Å². The summed E-state index contributed by atoms with van der Waals surface area (Å²) in [6.07, 6.45) is 8.69. The highest BCUT2D eigenvalue weighted by molar-refractivity contribution is 5.80. The van der Waals surface area contributed by atoms with E-state index in [0.29, 0.717) is 24.4 Å². The summed E-state index contributed by atoms with van der Waals surface area (Å²) in [5.74, 6) is 1.38. The summed E-state index contributed by atoms with van der Waals surface area (Å²) in [5, 5.41) is 3.54. The zero-order chi connectivity index (χ0) is 12.4. The van der Waals surface area contributed by atoms with Gasteiger partial charge < -0.3 is 15.2 Å². The van der Waals surface area contributed by atoms with E-state index >= 15 is 0 Å². The lowest BCUT2D eigenvalue weighted by Gasteiger charge is -2.20. The zero-order valence-corrected chi connectivity index (χ0v) is 10.6. The van der Waals surface area contributed by atoms with Gasteiger partial charge in [0.1, 0.15) is 5.82 Å². The average Bonchev–Trinajstić information content (AvgIpc) is 3.05. The van der Waals surface area contributed by atoms with Crippen molar-refractivity contribution in [2.24, 2.45) is 0 Å². The van der Waals surface area contributed by atoms with Gasteiger partial charge in [0, 0.05) is 43.9 Å². The highest BCUT2D eigenvalue weighted by Crippen LogP contribution is 2.28. The Hall–Kier alpha value is -1.36. The summed E-state index contributed by atoms with van der Waals surface area (Å²) in [7, 11) is 0. The normalized spacial score (nSPS) is 26.9. The Kier molecular flexibility index (Phi) is 3.32. The van der Waals surface area contributed by atoms with Gasteiger partial charge in [0.2, 0.25) is 5.91 Å². The monoisotopic (exact) mass is 248 g/mol. The van der Waals surface area contributed by atoms with E-state index in [-0.39, 0.29) is 0 Å². The van der Waals surface area contributed by atoms with Crippen LogP contribution in [-0.4, -0.2) is 45.9 Å². The van der Waals surface area contributed by atoms with Crippen molar-refractivity contribution in [3.63, 3.8) is 0 Å². The molecule has 3 rings (SSSR count). The van der Waals surface area contributed by atoms with Gasteiger partial charge in [0.05, 0.1) is 0 Å². The number of imidazole rings is 1. The molecule has 0 aliphatic carbocycles. The molecule has 2 saturated heterocycles. The van der Waals surface area contributed by atoms with Gasteiger partial charge in [-0.15, -0.1) is 0 Å². The number of aryl methyl sites for hydroxylation is 1. The standard InChI is InChI=1S/C13H20N4O/c18-13-9-10(11-3-2-8-17(11)13)14-5-1-4-12-15-6-7-16-12/h6-7,10-11,14H,1-5,8-9H2,(H,15,16). The second-order valence-corrected chi connectivity index (χ2v) is 5.20. The molecule has 5 nitrogen and oxygen atoms in total. The molecule has 0 aromatic carbocycles. The number of carbonyl (C=O) groups excluding carboxylic acids is 1. The fourth-order valence-electron chi connectivity index (χ4n) is 3.15. The van der Waals surface area contributed by atoms with Gasteiger partial charge in [-0.2, -0.15) is 0 Å². The topological polar surface area (TPSA) is 61.0 Å². The molecular formula is C13H20N4O. The van der Waals surface area contributed by atoms with E-state index in [0.717, 1.165) is 31.8 Å². The molecule has 0 saturated carbocycles. The summed E-state index contributed by atoms with van der Waals surface area (Å²) in [6.45, 7) is 1.93. The van der Waals surface area contributed by atoms with Crippen LogP contribution in [0.4, 0.5) is 0 Å². The molecule has 0 radical (unpaired) electrons. The van der Waals surface area contributed by atoms with Gasteiger partial charge in [0.15, 0.2) is 0 Å². The SMILES string of the molecule is O=C1CC(NCCCc2ncc[nH]2)C2CCCN12. The molecule has 0 bridgehead atoms. The third-order valence-corrected chi connectivity index (χ3v) is 4.03. The number of nitrogens with zero attached hydrogens (tertiary/aromatic N) is 2. The molecule has 5 heteroatoms. The molecule has 2 fully saturated rings. The van der Waals surface area contributed by atoms with Crippen molar-refractivity contribution in [2.45, 2.75) is 44.2 Å². The summed E-state index contributed by atoms with van der Waals surface area (Å²) in [4.78, 5) is 21.1. The Morgan fingerprint density at radius 3 is 3.33 bits per heavy atom. The van der Waals surface area contributed by atoms with E-state index in [1.165, 1.54) is 12.8 Å². The Bertz CT molecular complexity index is 403. The Labute approximate surface area is 107 Å². The number of fused-ring (bicyclic) bond motifs is 1. The van der Waals surface area contributed by atoms with Gasteiger partial charge in [-0.1, -0.05) is 0 Å². The molecule has 2 unspecified atom stereocenters. The van der Waals surface area contributed by atoms with Gasteiger partial charge in [-0.05, 0) is 25.8 Å². The molecule has 1 amide bonds. The van der Waals surface area contributed by atoms with Crippen LogP contribution >= 0.6 is 0 Å². The van der Waals surface area contributed by atoms with Crippen LogP contribution in [0, 0.1) is 0 Å². The summed E-state index contributed by atoms with van der Waals surface area (Å²) >= 11 is 0. The highest BCUT2D eigenvalue weighted by atomic mass is 16.2. The molecule has 3 heterocycles. The predicted octanol–water partition coefficient (Wildman–Crippen LogP) is 0.695. The minimum Gasteiger partial charge on any atom is -0.349 e. The molecular weight excluding hydrogens is 228 g/mol. The van der Waals surface area contributed by atoms with E-state index in [4.69, 9.17) is 0 Å². The van der Waals surface area contributed by atoms with Crippen molar-refractivity contribution >= 4 is 5.91 Å². The first kappa shape index (κ1) is 11.7. The van der Waals surface area contributed by atoms with E-state index in [1.54, 1.807) is 6.20 Å². The number of aromatic amines is 1. The molecule has 1 aromatic rings. The minimum absolute atomic E-state index is 0.334. The van der Waals surface area contributed by atoms with Crippen molar-refractivity contribution in [3.05, 3.63) is 18.2 Å². The smallest absolute Gasteiger partial charge is 0.224 e. The van der Waals surface area contributed by atoms with Crippen LogP contribution in [0.25, 0.3) is 0 Å². The third-order valence-electron chi connectivity index (χ3n) is 4.03. The molecule has 1 aromatic heterocycles. The first-order valence-corrected chi connectivity index (χ1v) is 6.86. The van der Waals surface area contributed by atoms with Gasteiger partial charge in [0.25, 0.3) is 0 Å². The average molecular weight is 248 g/mol.